The average molecular weight is 325 g/mol. The summed E-state index contributed by atoms with van der Waals surface area (Å²) in [5, 5.41) is 1.15. The number of piperidine rings is 2. The minimum atomic E-state index is 0.551. The zero-order valence-electron chi connectivity index (χ0n) is 14.4. The van der Waals surface area contributed by atoms with E-state index in [0.717, 1.165) is 36.5 Å². The summed E-state index contributed by atoms with van der Waals surface area (Å²) >= 11 is 0. The number of aromatic nitrogens is 2. The Kier molecular flexibility index (Phi) is 4.52. The van der Waals surface area contributed by atoms with E-state index in [4.69, 9.17) is 10.7 Å². The van der Waals surface area contributed by atoms with E-state index in [-0.39, 0.29) is 0 Å². The van der Waals surface area contributed by atoms with Gasteiger partial charge in [0, 0.05) is 25.0 Å². The number of likely N-dealkylation sites (tertiary alicyclic amines) is 1. The largest absolute Gasteiger partial charge is 0.384 e. The summed E-state index contributed by atoms with van der Waals surface area (Å²) in [5.41, 5.74) is 8.05. The van der Waals surface area contributed by atoms with Gasteiger partial charge < -0.3 is 10.6 Å². The highest BCUT2D eigenvalue weighted by Crippen LogP contribution is 2.26. The monoisotopic (exact) mass is 325 g/mol. The summed E-state index contributed by atoms with van der Waals surface area (Å²) in [7, 11) is 0. The smallest absolute Gasteiger partial charge is 0.164 e. The molecule has 0 aromatic carbocycles. The Bertz CT molecular complexity index is 702. The highest BCUT2D eigenvalue weighted by molar-refractivity contribution is 5.82. The molecule has 0 radical (unpaired) electrons. The molecule has 2 fully saturated rings. The Labute approximate surface area is 143 Å². The molecular weight excluding hydrogens is 298 g/mol. The Hall–Kier alpha value is -1.88. The van der Waals surface area contributed by atoms with Crippen molar-refractivity contribution in [2.45, 2.75) is 45.1 Å². The van der Waals surface area contributed by atoms with Gasteiger partial charge in [0.15, 0.2) is 5.65 Å². The van der Waals surface area contributed by atoms with Crippen LogP contribution < -0.4 is 10.6 Å². The molecular formula is C19H27N5. The molecule has 0 amide bonds. The first-order chi connectivity index (χ1) is 11.8. The summed E-state index contributed by atoms with van der Waals surface area (Å²) in [6.45, 7) is 5.59. The fourth-order valence-electron chi connectivity index (χ4n) is 3.95. The maximum absolute atomic E-state index is 5.91. The van der Waals surface area contributed by atoms with E-state index in [9.17, 15) is 0 Å². The first-order valence-corrected chi connectivity index (χ1v) is 9.33. The zero-order chi connectivity index (χ0) is 16.4. The molecule has 2 N–H and O–H groups in total. The standard InChI is InChI=1S/C19H27N5/c20-17-8-7-16-15(14-23-9-3-1-4-10-23)13-18(22-19(16)21-17)24-11-5-2-6-12-24/h7-8,13H,1-6,9-12,14H2,(H2,20,21,22). The van der Waals surface area contributed by atoms with Gasteiger partial charge in [0.05, 0.1) is 0 Å². The van der Waals surface area contributed by atoms with Gasteiger partial charge in [-0.2, -0.15) is 0 Å². The quantitative estimate of drug-likeness (QED) is 0.939. The molecule has 4 heterocycles. The second-order valence-corrected chi connectivity index (χ2v) is 7.13. The molecule has 2 saturated heterocycles. The van der Waals surface area contributed by atoms with Crippen molar-refractivity contribution >= 4 is 22.7 Å². The first-order valence-electron chi connectivity index (χ1n) is 9.33. The van der Waals surface area contributed by atoms with Gasteiger partial charge in [-0.3, -0.25) is 4.90 Å². The van der Waals surface area contributed by atoms with Crippen LogP contribution in [-0.4, -0.2) is 41.0 Å². The predicted octanol–water partition coefficient (Wildman–Crippen LogP) is 3.19. The highest BCUT2D eigenvalue weighted by Gasteiger charge is 2.18. The first kappa shape index (κ1) is 15.6. The van der Waals surface area contributed by atoms with Gasteiger partial charge in [0.25, 0.3) is 0 Å². The number of nitrogens with two attached hydrogens (primary N) is 1. The fraction of sp³-hybridized carbons (Fsp3) is 0.579. The number of rotatable bonds is 3. The average Bonchev–Trinajstić information content (AvgIpc) is 2.63. The van der Waals surface area contributed by atoms with Crippen LogP contribution in [0.2, 0.25) is 0 Å². The number of nitrogens with zero attached hydrogens (tertiary/aromatic N) is 4. The van der Waals surface area contributed by atoms with Crippen LogP contribution in [0.4, 0.5) is 11.6 Å². The molecule has 2 aromatic rings. The molecule has 2 aliphatic heterocycles. The van der Waals surface area contributed by atoms with E-state index in [0.29, 0.717) is 5.82 Å². The van der Waals surface area contributed by atoms with Crippen molar-refractivity contribution < 1.29 is 0 Å². The molecule has 4 rings (SSSR count). The van der Waals surface area contributed by atoms with Crippen LogP contribution in [0.5, 0.6) is 0 Å². The number of anilines is 2. The van der Waals surface area contributed by atoms with Crippen molar-refractivity contribution in [3.63, 3.8) is 0 Å². The number of fused-ring (bicyclic) bond motifs is 1. The van der Waals surface area contributed by atoms with Crippen LogP contribution in [0.3, 0.4) is 0 Å². The fourth-order valence-corrected chi connectivity index (χ4v) is 3.95. The van der Waals surface area contributed by atoms with E-state index >= 15 is 0 Å². The van der Waals surface area contributed by atoms with Crippen LogP contribution in [0.25, 0.3) is 11.0 Å². The van der Waals surface area contributed by atoms with E-state index in [1.807, 2.05) is 6.07 Å². The van der Waals surface area contributed by atoms with Crippen LogP contribution in [0.15, 0.2) is 18.2 Å². The van der Waals surface area contributed by atoms with E-state index in [1.165, 1.54) is 57.2 Å². The molecule has 2 aromatic heterocycles. The van der Waals surface area contributed by atoms with Crippen molar-refractivity contribution in [2.24, 2.45) is 0 Å². The Morgan fingerprint density at radius 1 is 0.875 bits per heavy atom. The molecule has 0 bridgehead atoms. The van der Waals surface area contributed by atoms with Crippen LogP contribution in [0, 0.1) is 0 Å². The van der Waals surface area contributed by atoms with Gasteiger partial charge in [-0.05, 0) is 69.0 Å². The summed E-state index contributed by atoms with van der Waals surface area (Å²) in [4.78, 5) is 14.3. The highest BCUT2D eigenvalue weighted by atomic mass is 15.2. The Morgan fingerprint density at radius 2 is 1.58 bits per heavy atom. The Balaban J connectivity index is 1.71. The maximum Gasteiger partial charge on any atom is 0.164 e. The third-order valence-corrected chi connectivity index (χ3v) is 5.29. The molecule has 0 aliphatic carbocycles. The molecule has 5 heteroatoms. The summed E-state index contributed by atoms with van der Waals surface area (Å²) < 4.78 is 0. The summed E-state index contributed by atoms with van der Waals surface area (Å²) in [5.74, 6) is 1.63. The molecule has 5 nitrogen and oxygen atoms in total. The predicted molar refractivity (Wildman–Crippen MR) is 99.1 cm³/mol. The molecule has 128 valence electrons. The van der Waals surface area contributed by atoms with Gasteiger partial charge in [-0.25, -0.2) is 9.97 Å². The molecule has 0 unspecified atom stereocenters. The van der Waals surface area contributed by atoms with E-state index in [2.05, 4.69) is 26.9 Å². The zero-order valence-corrected chi connectivity index (χ0v) is 14.4. The lowest BCUT2D eigenvalue weighted by Crippen LogP contribution is -2.31. The van der Waals surface area contributed by atoms with Crippen LogP contribution >= 0.6 is 0 Å². The van der Waals surface area contributed by atoms with Crippen molar-refractivity contribution in [3.8, 4) is 0 Å². The van der Waals surface area contributed by atoms with Gasteiger partial charge in [-0.15, -0.1) is 0 Å². The minimum absolute atomic E-state index is 0.551. The second-order valence-electron chi connectivity index (χ2n) is 7.13. The lowest BCUT2D eigenvalue weighted by Gasteiger charge is -2.30. The van der Waals surface area contributed by atoms with Crippen molar-refractivity contribution in [1.82, 2.24) is 14.9 Å². The molecule has 0 saturated carbocycles. The molecule has 0 atom stereocenters. The van der Waals surface area contributed by atoms with Crippen LogP contribution in [-0.2, 0) is 6.54 Å². The van der Waals surface area contributed by atoms with Gasteiger partial charge in [-0.1, -0.05) is 6.42 Å². The van der Waals surface area contributed by atoms with Crippen molar-refractivity contribution in [3.05, 3.63) is 23.8 Å². The van der Waals surface area contributed by atoms with Gasteiger partial charge in [0.2, 0.25) is 0 Å². The van der Waals surface area contributed by atoms with Crippen molar-refractivity contribution in [2.75, 3.05) is 36.8 Å². The van der Waals surface area contributed by atoms with Crippen molar-refractivity contribution in [1.29, 1.82) is 0 Å². The number of nitrogen functional groups attached to an aromatic ring is 1. The lowest BCUT2D eigenvalue weighted by atomic mass is 10.1. The second kappa shape index (κ2) is 6.93. The summed E-state index contributed by atoms with van der Waals surface area (Å²) in [6.07, 6.45) is 7.83. The number of hydrogen-bond acceptors (Lipinski definition) is 5. The van der Waals surface area contributed by atoms with Gasteiger partial charge >= 0.3 is 0 Å². The van der Waals surface area contributed by atoms with E-state index in [1.54, 1.807) is 0 Å². The third kappa shape index (κ3) is 3.31. The summed E-state index contributed by atoms with van der Waals surface area (Å²) in [6, 6.07) is 6.27. The topological polar surface area (TPSA) is 58.3 Å². The number of pyridine rings is 2. The SMILES string of the molecule is Nc1ccc2c(CN3CCCCC3)cc(N3CCCCC3)nc2n1. The molecule has 0 spiro atoms. The molecule has 24 heavy (non-hydrogen) atoms. The lowest BCUT2D eigenvalue weighted by molar-refractivity contribution is 0.221. The molecule has 2 aliphatic rings. The minimum Gasteiger partial charge on any atom is -0.384 e. The third-order valence-electron chi connectivity index (χ3n) is 5.29. The number of hydrogen-bond donors (Lipinski definition) is 1. The maximum atomic E-state index is 5.91. The van der Waals surface area contributed by atoms with Gasteiger partial charge in [0.1, 0.15) is 11.6 Å². The normalized spacial score (nSPS) is 19.8. The Morgan fingerprint density at radius 3 is 2.33 bits per heavy atom. The van der Waals surface area contributed by atoms with Crippen LogP contribution in [0.1, 0.15) is 44.1 Å². The van der Waals surface area contributed by atoms with E-state index < -0.39 is 0 Å².